The minimum Gasteiger partial charge on any atom is -0.384 e. The zero-order valence-electron chi connectivity index (χ0n) is 10.9. The van der Waals surface area contributed by atoms with E-state index in [0.29, 0.717) is 11.4 Å². The van der Waals surface area contributed by atoms with Crippen LogP contribution >= 0.6 is 0 Å². The molecule has 1 aromatic carbocycles. The first-order valence-electron chi connectivity index (χ1n) is 6.01. The number of hydrogen-bond donors (Lipinski definition) is 1. The SMILES string of the molecule is Cn1ncc(CN2C(=O)c3cc(F)c(F)cc3C2=O)c1N. The van der Waals surface area contributed by atoms with Crippen LogP contribution in [0.15, 0.2) is 18.3 Å². The van der Waals surface area contributed by atoms with E-state index in [2.05, 4.69) is 5.10 Å². The van der Waals surface area contributed by atoms with E-state index in [4.69, 9.17) is 5.73 Å². The second kappa shape index (κ2) is 4.37. The number of benzene rings is 1. The largest absolute Gasteiger partial charge is 0.384 e. The molecule has 0 saturated heterocycles. The number of amides is 2. The summed E-state index contributed by atoms with van der Waals surface area (Å²) < 4.78 is 27.8. The molecule has 21 heavy (non-hydrogen) atoms. The van der Waals surface area contributed by atoms with Gasteiger partial charge in [-0.2, -0.15) is 5.10 Å². The zero-order chi connectivity index (χ0) is 15.3. The Labute approximate surface area is 117 Å². The summed E-state index contributed by atoms with van der Waals surface area (Å²) >= 11 is 0. The molecule has 8 heteroatoms. The Balaban J connectivity index is 1.98. The van der Waals surface area contributed by atoms with E-state index in [0.717, 1.165) is 17.0 Å². The average molecular weight is 292 g/mol. The van der Waals surface area contributed by atoms with Gasteiger partial charge in [0.15, 0.2) is 11.6 Å². The number of imide groups is 1. The number of hydrogen-bond acceptors (Lipinski definition) is 4. The van der Waals surface area contributed by atoms with E-state index < -0.39 is 23.4 Å². The maximum absolute atomic E-state index is 13.2. The first-order valence-corrected chi connectivity index (χ1v) is 6.01. The summed E-state index contributed by atoms with van der Waals surface area (Å²) in [6.07, 6.45) is 1.43. The maximum Gasteiger partial charge on any atom is 0.261 e. The number of halogens is 2. The summed E-state index contributed by atoms with van der Waals surface area (Å²) in [6, 6.07) is 1.47. The Morgan fingerprint density at radius 3 is 2.10 bits per heavy atom. The van der Waals surface area contributed by atoms with Crippen molar-refractivity contribution in [2.75, 3.05) is 5.73 Å². The van der Waals surface area contributed by atoms with Gasteiger partial charge in [0.05, 0.1) is 23.9 Å². The fourth-order valence-electron chi connectivity index (χ4n) is 2.21. The molecule has 108 valence electrons. The Morgan fingerprint density at radius 2 is 1.67 bits per heavy atom. The van der Waals surface area contributed by atoms with E-state index in [1.165, 1.54) is 10.9 Å². The molecular weight excluding hydrogens is 282 g/mol. The molecule has 0 bridgehead atoms. The number of nitrogens with two attached hydrogens (primary N) is 1. The zero-order valence-corrected chi connectivity index (χ0v) is 10.9. The van der Waals surface area contributed by atoms with Crippen molar-refractivity contribution in [3.8, 4) is 0 Å². The third kappa shape index (κ3) is 1.87. The molecule has 1 aliphatic heterocycles. The van der Waals surface area contributed by atoms with E-state index in [1.807, 2.05) is 0 Å². The fraction of sp³-hybridized carbons (Fsp3) is 0.154. The summed E-state index contributed by atoms with van der Waals surface area (Å²) in [5.41, 5.74) is 5.93. The van der Waals surface area contributed by atoms with Crippen LogP contribution < -0.4 is 5.73 Å². The van der Waals surface area contributed by atoms with Crippen LogP contribution in [0.5, 0.6) is 0 Å². The first-order chi connectivity index (χ1) is 9.90. The molecule has 0 aliphatic carbocycles. The maximum atomic E-state index is 13.2. The second-order valence-electron chi connectivity index (χ2n) is 4.69. The molecule has 3 rings (SSSR count). The van der Waals surface area contributed by atoms with Crippen LogP contribution in [0.25, 0.3) is 0 Å². The molecule has 2 N–H and O–H groups in total. The third-order valence-electron chi connectivity index (χ3n) is 3.40. The van der Waals surface area contributed by atoms with E-state index in [1.54, 1.807) is 7.05 Å². The number of aryl methyl sites for hydroxylation is 1. The standard InChI is InChI=1S/C13H10F2N4O2/c1-18-11(16)6(4-17-18)5-19-12(20)7-2-9(14)10(15)3-8(7)13(19)21/h2-4H,5,16H2,1H3. The van der Waals surface area contributed by atoms with Crippen molar-refractivity contribution in [3.63, 3.8) is 0 Å². The molecule has 0 unspecified atom stereocenters. The number of carbonyl (C=O) groups excluding carboxylic acids is 2. The first kappa shape index (κ1) is 13.2. The Kier molecular flexibility index (Phi) is 2.75. The minimum atomic E-state index is -1.17. The summed E-state index contributed by atoms with van der Waals surface area (Å²) in [4.78, 5) is 25.2. The van der Waals surface area contributed by atoms with Gasteiger partial charge in [-0.3, -0.25) is 19.2 Å². The lowest BCUT2D eigenvalue weighted by Gasteiger charge is -2.12. The summed E-state index contributed by atoms with van der Waals surface area (Å²) in [7, 11) is 1.62. The van der Waals surface area contributed by atoms with Gasteiger partial charge < -0.3 is 5.73 Å². The second-order valence-corrected chi connectivity index (χ2v) is 4.69. The summed E-state index contributed by atoms with van der Waals surface area (Å²) in [5.74, 6) is -3.39. The third-order valence-corrected chi connectivity index (χ3v) is 3.40. The number of fused-ring (bicyclic) bond motifs is 1. The molecule has 0 fully saturated rings. The number of nitrogens with zero attached hydrogens (tertiary/aromatic N) is 3. The fourth-order valence-corrected chi connectivity index (χ4v) is 2.21. The number of aromatic nitrogens is 2. The van der Waals surface area contributed by atoms with Crippen LogP contribution in [0.4, 0.5) is 14.6 Å². The molecular formula is C13H10F2N4O2. The highest BCUT2D eigenvalue weighted by Gasteiger charge is 2.37. The van der Waals surface area contributed by atoms with Crippen molar-refractivity contribution < 1.29 is 18.4 Å². The molecule has 0 radical (unpaired) electrons. The van der Waals surface area contributed by atoms with Crippen molar-refractivity contribution in [2.24, 2.45) is 7.05 Å². The minimum absolute atomic E-state index is 0.102. The highest BCUT2D eigenvalue weighted by atomic mass is 19.2. The van der Waals surface area contributed by atoms with Gasteiger partial charge in [-0.25, -0.2) is 8.78 Å². The Morgan fingerprint density at radius 1 is 1.14 bits per heavy atom. The van der Waals surface area contributed by atoms with Gasteiger partial charge >= 0.3 is 0 Å². The summed E-state index contributed by atoms with van der Waals surface area (Å²) in [5, 5.41) is 3.91. The van der Waals surface area contributed by atoms with Gasteiger partial charge in [-0.15, -0.1) is 0 Å². The van der Waals surface area contributed by atoms with Crippen LogP contribution in [0.1, 0.15) is 26.3 Å². The van der Waals surface area contributed by atoms with Gasteiger partial charge in [0.25, 0.3) is 11.8 Å². The predicted molar refractivity (Wildman–Crippen MR) is 68.2 cm³/mol. The van der Waals surface area contributed by atoms with Gasteiger partial charge in [0.2, 0.25) is 0 Å². The van der Waals surface area contributed by atoms with Crippen molar-refractivity contribution in [2.45, 2.75) is 6.54 Å². The van der Waals surface area contributed by atoms with Gasteiger partial charge in [0, 0.05) is 12.6 Å². The lowest BCUT2D eigenvalue weighted by Crippen LogP contribution is -2.29. The lowest BCUT2D eigenvalue weighted by molar-refractivity contribution is 0.0642. The number of carbonyl (C=O) groups is 2. The van der Waals surface area contributed by atoms with Crippen molar-refractivity contribution >= 4 is 17.6 Å². The van der Waals surface area contributed by atoms with E-state index in [9.17, 15) is 18.4 Å². The molecule has 2 aromatic rings. The van der Waals surface area contributed by atoms with Gasteiger partial charge in [-0.1, -0.05) is 0 Å². The van der Waals surface area contributed by atoms with Crippen LogP contribution in [-0.2, 0) is 13.6 Å². The van der Waals surface area contributed by atoms with E-state index in [-0.39, 0.29) is 17.7 Å². The van der Waals surface area contributed by atoms with Gasteiger partial charge in [-0.05, 0) is 12.1 Å². The highest BCUT2D eigenvalue weighted by molar-refractivity contribution is 6.21. The molecule has 0 spiro atoms. The van der Waals surface area contributed by atoms with Crippen molar-refractivity contribution in [1.29, 1.82) is 0 Å². The van der Waals surface area contributed by atoms with E-state index >= 15 is 0 Å². The smallest absolute Gasteiger partial charge is 0.261 e. The number of nitrogen functional groups attached to an aromatic ring is 1. The Bertz CT molecular complexity index is 744. The summed E-state index contributed by atoms with van der Waals surface area (Å²) in [6.45, 7) is -0.102. The van der Waals surface area contributed by atoms with Crippen LogP contribution in [0, 0.1) is 11.6 Å². The van der Waals surface area contributed by atoms with Crippen molar-refractivity contribution in [3.05, 3.63) is 46.7 Å². The lowest BCUT2D eigenvalue weighted by atomic mass is 10.1. The van der Waals surface area contributed by atoms with Crippen LogP contribution in [0.2, 0.25) is 0 Å². The topological polar surface area (TPSA) is 81.2 Å². The quantitative estimate of drug-likeness (QED) is 0.840. The molecule has 1 aromatic heterocycles. The highest BCUT2D eigenvalue weighted by Crippen LogP contribution is 2.27. The monoisotopic (exact) mass is 292 g/mol. The molecule has 2 heterocycles. The molecule has 6 nitrogen and oxygen atoms in total. The number of anilines is 1. The molecule has 0 saturated carbocycles. The Hall–Kier alpha value is -2.77. The van der Waals surface area contributed by atoms with Crippen LogP contribution in [-0.4, -0.2) is 26.5 Å². The predicted octanol–water partition coefficient (Wildman–Crippen LogP) is 1.08. The normalized spacial score (nSPS) is 14.0. The van der Waals surface area contributed by atoms with Gasteiger partial charge in [0.1, 0.15) is 5.82 Å². The average Bonchev–Trinajstić information content (AvgIpc) is 2.87. The molecule has 0 atom stereocenters. The number of rotatable bonds is 2. The van der Waals surface area contributed by atoms with Crippen molar-refractivity contribution in [1.82, 2.24) is 14.7 Å². The van der Waals surface area contributed by atoms with Crippen LogP contribution in [0.3, 0.4) is 0 Å². The molecule has 1 aliphatic rings. The molecule has 2 amide bonds.